The molecule has 7 nitrogen and oxygen atoms in total. The second-order valence-corrected chi connectivity index (χ2v) is 11.6. The summed E-state index contributed by atoms with van der Waals surface area (Å²) in [5.74, 6) is -1.25. The summed E-state index contributed by atoms with van der Waals surface area (Å²) in [4.78, 5) is 29.4. The van der Waals surface area contributed by atoms with Crippen LogP contribution >= 0.6 is 0 Å². The highest BCUT2D eigenvalue weighted by molar-refractivity contribution is 5.98. The van der Waals surface area contributed by atoms with Gasteiger partial charge in [-0.25, -0.2) is 0 Å². The van der Waals surface area contributed by atoms with Gasteiger partial charge in [-0.15, -0.1) is 0 Å². The van der Waals surface area contributed by atoms with Crippen molar-refractivity contribution >= 4 is 11.8 Å². The summed E-state index contributed by atoms with van der Waals surface area (Å²) in [6.45, 7) is 6.31. The van der Waals surface area contributed by atoms with Crippen molar-refractivity contribution in [1.82, 2.24) is 10.1 Å². The summed E-state index contributed by atoms with van der Waals surface area (Å²) < 4.78 is 5.51. The number of hydrogen-bond donors (Lipinski definition) is 1. The molecule has 5 rings (SSSR count). The summed E-state index contributed by atoms with van der Waals surface area (Å²) in [6, 6.07) is 31.9. The molecule has 1 atom stereocenters. The number of hydrogen-bond acceptors (Lipinski definition) is 6. The zero-order chi connectivity index (χ0) is 30.6. The highest BCUT2D eigenvalue weighted by Crippen LogP contribution is 2.27. The maximum absolute atomic E-state index is 12.9. The maximum Gasteiger partial charge on any atom is 0.307 e. The van der Waals surface area contributed by atoms with Crippen LogP contribution in [0.2, 0.25) is 0 Å². The lowest BCUT2D eigenvalue weighted by Gasteiger charge is -2.19. The zero-order valence-corrected chi connectivity index (χ0v) is 24.2. The van der Waals surface area contributed by atoms with Crippen molar-refractivity contribution in [3.05, 3.63) is 119 Å². The van der Waals surface area contributed by atoms with Gasteiger partial charge in [0.15, 0.2) is 5.78 Å². The third kappa shape index (κ3) is 6.94. The van der Waals surface area contributed by atoms with E-state index in [1.165, 1.54) is 0 Å². The van der Waals surface area contributed by atoms with Gasteiger partial charge in [0.05, 0.1) is 17.6 Å². The Morgan fingerprint density at radius 1 is 0.860 bits per heavy atom. The molecule has 214 valence electrons. The Kier molecular flexibility index (Phi) is 8.31. The number of aliphatic carboxylic acids is 1. The number of benzene rings is 4. The average Bonchev–Trinajstić information content (AvgIpc) is 3.51. The molecule has 0 bridgehead atoms. The van der Waals surface area contributed by atoms with Crippen molar-refractivity contribution in [2.45, 2.75) is 39.0 Å². The summed E-state index contributed by atoms with van der Waals surface area (Å²) in [5, 5.41) is 23.1. The lowest BCUT2D eigenvalue weighted by atomic mass is 9.86. The first-order chi connectivity index (χ1) is 20.6. The molecule has 0 radical (unpaired) electrons. The minimum atomic E-state index is -1.00. The molecule has 0 unspecified atom stereocenters. The number of ketones is 1. The highest BCUT2D eigenvalue weighted by atomic mass is 16.5. The number of nitriles is 1. The van der Waals surface area contributed by atoms with Crippen LogP contribution in [0.1, 0.15) is 54.2 Å². The summed E-state index contributed by atoms with van der Waals surface area (Å²) in [6.07, 6.45) is 0.144. The van der Waals surface area contributed by atoms with E-state index in [0.29, 0.717) is 22.8 Å². The average molecular weight is 570 g/mol. The molecule has 43 heavy (non-hydrogen) atoms. The molecule has 1 aromatic heterocycles. The maximum atomic E-state index is 12.9. The lowest BCUT2D eigenvalue weighted by Crippen LogP contribution is -2.20. The topological polar surface area (TPSA) is 117 Å². The van der Waals surface area contributed by atoms with Crippen molar-refractivity contribution in [3.63, 3.8) is 0 Å². The van der Waals surface area contributed by atoms with Crippen molar-refractivity contribution in [3.8, 4) is 40.0 Å². The number of rotatable bonds is 9. The Balaban J connectivity index is 1.24. The van der Waals surface area contributed by atoms with Crippen LogP contribution in [0.25, 0.3) is 34.0 Å². The van der Waals surface area contributed by atoms with E-state index in [4.69, 9.17) is 9.78 Å². The zero-order valence-electron chi connectivity index (χ0n) is 24.2. The fraction of sp³-hybridized carbons (Fsp3) is 0.194. The number of carboxylic acids is 1. The molecule has 0 saturated carbocycles. The Hall–Kier alpha value is -5.35. The molecule has 0 saturated heterocycles. The Morgan fingerprint density at radius 2 is 1.51 bits per heavy atom. The van der Waals surface area contributed by atoms with Crippen LogP contribution in [-0.4, -0.2) is 27.0 Å². The number of aromatic nitrogens is 2. The Morgan fingerprint density at radius 3 is 2.14 bits per heavy atom. The monoisotopic (exact) mass is 569 g/mol. The lowest BCUT2D eigenvalue weighted by molar-refractivity contribution is -0.141. The molecular weight excluding hydrogens is 538 g/mol. The van der Waals surface area contributed by atoms with Crippen molar-refractivity contribution < 1.29 is 19.2 Å². The first-order valence-electron chi connectivity index (χ1n) is 14.0. The molecule has 0 aliphatic rings. The number of nitrogens with zero attached hydrogens (tertiary/aromatic N) is 3. The largest absolute Gasteiger partial charge is 0.481 e. The fourth-order valence-electron chi connectivity index (χ4n) is 4.85. The van der Waals surface area contributed by atoms with Gasteiger partial charge in [0.1, 0.15) is 0 Å². The molecular formula is C36H31N3O4. The number of Topliss-reactive ketones (excluding diaryl/α,β-unsaturated/α-hetero) is 1. The second-order valence-electron chi connectivity index (χ2n) is 11.6. The van der Waals surface area contributed by atoms with Gasteiger partial charge < -0.3 is 9.63 Å². The van der Waals surface area contributed by atoms with E-state index in [9.17, 15) is 14.7 Å². The Labute approximate surface area is 250 Å². The molecule has 1 heterocycles. The van der Waals surface area contributed by atoms with Gasteiger partial charge in [-0.3, -0.25) is 9.59 Å². The van der Waals surface area contributed by atoms with Gasteiger partial charge >= 0.3 is 5.97 Å². The molecule has 7 heteroatoms. The molecule has 0 aliphatic heterocycles. The van der Waals surface area contributed by atoms with E-state index >= 15 is 0 Å². The fourth-order valence-corrected chi connectivity index (χ4v) is 4.85. The van der Waals surface area contributed by atoms with Gasteiger partial charge in [0.25, 0.3) is 5.89 Å². The van der Waals surface area contributed by atoms with E-state index in [-0.39, 0.29) is 24.0 Å². The third-order valence-electron chi connectivity index (χ3n) is 7.43. The molecule has 0 fully saturated rings. The van der Waals surface area contributed by atoms with Crippen LogP contribution in [0.15, 0.2) is 102 Å². The minimum Gasteiger partial charge on any atom is -0.481 e. The molecule has 4 aromatic carbocycles. The molecule has 1 N–H and O–H groups in total. The van der Waals surface area contributed by atoms with Crippen LogP contribution in [0.5, 0.6) is 0 Å². The minimum absolute atomic E-state index is 0.0284. The van der Waals surface area contributed by atoms with Gasteiger partial charge in [0, 0.05) is 23.1 Å². The van der Waals surface area contributed by atoms with E-state index < -0.39 is 11.9 Å². The van der Waals surface area contributed by atoms with Crippen molar-refractivity contribution in [2.24, 2.45) is 5.92 Å². The number of carbonyl (C=O) groups excluding carboxylic acids is 1. The smallest absolute Gasteiger partial charge is 0.307 e. The predicted octanol–water partition coefficient (Wildman–Crippen LogP) is 7.76. The van der Waals surface area contributed by atoms with Gasteiger partial charge in [0.2, 0.25) is 5.82 Å². The van der Waals surface area contributed by atoms with E-state index in [1.807, 2.05) is 78.9 Å². The standard InChI is InChI=1S/C36H31N3O4/c1-36(2,3)31-17-15-26(16-18-31)32(40)21-30(35(41)42)19-23-7-9-27(10-8-23)33-38-34(43-39-33)28-13-11-25(12-14-28)29-6-4-5-24(20-29)22-37/h4-18,20,30H,19,21H2,1-3H3,(H,41,42)/t30-/m1/s1. The SMILES string of the molecule is CC(C)(C)c1ccc(C(=O)C[C@@H](Cc2ccc(-c3noc(-c4ccc(-c5cccc(C#N)c5)cc4)n3)cc2)C(=O)O)cc1. The first kappa shape index (κ1) is 29.2. The molecule has 0 spiro atoms. The highest BCUT2D eigenvalue weighted by Gasteiger charge is 2.23. The quantitative estimate of drug-likeness (QED) is 0.180. The van der Waals surface area contributed by atoms with Gasteiger partial charge in [-0.2, -0.15) is 10.2 Å². The number of carboxylic acid groups (broad SMARTS) is 1. The predicted molar refractivity (Wildman–Crippen MR) is 164 cm³/mol. The summed E-state index contributed by atoms with van der Waals surface area (Å²) >= 11 is 0. The van der Waals surface area contributed by atoms with E-state index in [0.717, 1.165) is 33.4 Å². The van der Waals surface area contributed by atoms with Gasteiger partial charge in [-0.05, 0) is 58.4 Å². The summed E-state index contributed by atoms with van der Waals surface area (Å²) in [7, 11) is 0. The van der Waals surface area contributed by atoms with Gasteiger partial charge in [-0.1, -0.05) is 98.7 Å². The molecule has 0 amide bonds. The van der Waals surface area contributed by atoms with Crippen LogP contribution < -0.4 is 0 Å². The van der Waals surface area contributed by atoms with Crippen molar-refractivity contribution in [1.29, 1.82) is 5.26 Å². The van der Waals surface area contributed by atoms with E-state index in [1.54, 1.807) is 18.2 Å². The second kappa shape index (κ2) is 12.3. The van der Waals surface area contributed by atoms with Crippen molar-refractivity contribution in [2.75, 3.05) is 0 Å². The summed E-state index contributed by atoms with van der Waals surface area (Å²) in [5.41, 5.74) is 6.41. The van der Waals surface area contributed by atoms with E-state index in [2.05, 4.69) is 37.0 Å². The van der Waals surface area contributed by atoms with Crippen LogP contribution in [0.3, 0.4) is 0 Å². The van der Waals surface area contributed by atoms with Crippen LogP contribution in [-0.2, 0) is 16.6 Å². The first-order valence-corrected chi connectivity index (χ1v) is 14.0. The third-order valence-corrected chi connectivity index (χ3v) is 7.43. The molecule has 5 aromatic rings. The number of carbonyl (C=O) groups is 2. The molecule has 0 aliphatic carbocycles. The van der Waals surface area contributed by atoms with Crippen LogP contribution in [0.4, 0.5) is 0 Å². The normalized spacial score (nSPS) is 12.0. The van der Waals surface area contributed by atoms with Crippen LogP contribution in [0, 0.1) is 17.2 Å². The Bertz CT molecular complexity index is 1790.